The summed E-state index contributed by atoms with van der Waals surface area (Å²) in [6.07, 6.45) is 4.11. The maximum atomic E-state index is 11.0. The van der Waals surface area contributed by atoms with E-state index >= 15 is 0 Å². The smallest absolute Gasteiger partial charge is 0.319 e. The molecule has 4 nitrogen and oxygen atoms in total. The Labute approximate surface area is 113 Å². The van der Waals surface area contributed by atoms with E-state index in [1.165, 1.54) is 11.8 Å². The van der Waals surface area contributed by atoms with Gasteiger partial charge in [0.05, 0.1) is 11.7 Å². The summed E-state index contributed by atoms with van der Waals surface area (Å²) in [6.45, 7) is 7.74. The van der Waals surface area contributed by atoms with Crippen molar-refractivity contribution in [3.05, 3.63) is 18.0 Å². The van der Waals surface area contributed by atoms with E-state index in [2.05, 4.69) is 18.9 Å². The molecular formula is C13H22N2O2S. The number of hydrogen-bond acceptors (Lipinski definition) is 3. The molecule has 0 spiro atoms. The number of carbonyl (C=O) groups is 1. The summed E-state index contributed by atoms with van der Waals surface area (Å²) in [4.78, 5) is 11.0. The first-order valence-corrected chi connectivity index (χ1v) is 7.30. The highest BCUT2D eigenvalue weighted by molar-refractivity contribution is 8.00. The number of carboxylic acids is 1. The van der Waals surface area contributed by atoms with Crippen LogP contribution in [0.15, 0.2) is 12.3 Å². The van der Waals surface area contributed by atoms with Crippen LogP contribution in [0.2, 0.25) is 0 Å². The van der Waals surface area contributed by atoms with Crippen LogP contribution < -0.4 is 0 Å². The van der Waals surface area contributed by atoms with Crippen molar-refractivity contribution in [2.45, 2.75) is 57.1 Å². The summed E-state index contributed by atoms with van der Waals surface area (Å²) in [5, 5.41) is 13.6. The van der Waals surface area contributed by atoms with E-state index in [0.717, 1.165) is 18.5 Å². The van der Waals surface area contributed by atoms with Gasteiger partial charge < -0.3 is 5.11 Å². The van der Waals surface area contributed by atoms with Gasteiger partial charge in [0.25, 0.3) is 0 Å². The minimum atomic E-state index is -0.785. The lowest BCUT2D eigenvalue weighted by Crippen LogP contribution is -2.27. The predicted molar refractivity (Wildman–Crippen MR) is 74.9 cm³/mol. The summed E-state index contributed by atoms with van der Waals surface area (Å²) in [7, 11) is 0. The van der Waals surface area contributed by atoms with Gasteiger partial charge in [-0.3, -0.25) is 9.48 Å². The molecule has 102 valence electrons. The van der Waals surface area contributed by atoms with E-state index in [-0.39, 0.29) is 0 Å². The molecule has 1 aromatic heterocycles. The van der Waals surface area contributed by atoms with Gasteiger partial charge in [-0.05, 0) is 32.8 Å². The SMILES string of the molecule is CCC(CC)n1ccc(CSC(C)(C)C(=O)O)n1. The zero-order chi connectivity index (χ0) is 13.8. The monoisotopic (exact) mass is 270 g/mol. The van der Waals surface area contributed by atoms with Crippen molar-refractivity contribution in [1.29, 1.82) is 0 Å². The van der Waals surface area contributed by atoms with Gasteiger partial charge in [-0.15, -0.1) is 11.8 Å². The Morgan fingerprint density at radius 3 is 2.61 bits per heavy atom. The average Bonchev–Trinajstić information content (AvgIpc) is 2.77. The lowest BCUT2D eigenvalue weighted by Gasteiger charge is -2.17. The molecule has 0 fully saturated rings. The maximum absolute atomic E-state index is 11.0. The topological polar surface area (TPSA) is 55.1 Å². The molecule has 0 aliphatic heterocycles. The molecule has 0 aliphatic rings. The lowest BCUT2D eigenvalue weighted by atomic mass is 10.2. The van der Waals surface area contributed by atoms with Crippen molar-refractivity contribution < 1.29 is 9.90 Å². The minimum absolute atomic E-state index is 0.441. The van der Waals surface area contributed by atoms with Gasteiger partial charge >= 0.3 is 5.97 Å². The number of nitrogens with zero attached hydrogens (tertiary/aromatic N) is 2. The highest BCUT2D eigenvalue weighted by Gasteiger charge is 2.27. The van der Waals surface area contributed by atoms with Crippen LogP contribution in [0, 0.1) is 0 Å². The fraction of sp³-hybridized carbons (Fsp3) is 0.692. The average molecular weight is 270 g/mol. The summed E-state index contributed by atoms with van der Waals surface area (Å²) in [5.74, 6) is -0.154. The second-order valence-corrected chi connectivity index (χ2v) is 6.46. The van der Waals surface area contributed by atoms with Crippen molar-refractivity contribution >= 4 is 17.7 Å². The molecule has 1 rings (SSSR count). The zero-order valence-electron chi connectivity index (χ0n) is 11.5. The van der Waals surface area contributed by atoms with E-state index in [4.69, 9.17) is 5.11 Å². The van der Waals surface area contributed by atoms with Gasteiger partial charge in [-0.1, -0.05) is 13.8 Å². The summed E-state index contributed by atoms with van der Waals surface area (Å²) < 4.78 is 1.22. The Morgan fingerprint density at radius 1 is 1.50 bits per heavy atom. The Morgan fingerprint density at radius 2 is 2.11 bits per heavy atom. The second kappa shape index (κ2) is 6.27. The molecule has 18 heavy (non-hydrogen) atoms. The van der Waals surface area contributed by atoms with Crippen LogP contribution >= 0.6 is 11.8 Å². The van der Waals surface area contributed by atoms with Gasteiger partial charge in [0.15, 0.2) is 0 Å². The zero-order valence-corrected chi connectivity index (χ0v) is 12.3. The fourth-order valence-electron chi connectivity index (χ4n) is 1.64. The first kappa shape index (κ1) is 15.1. The third-order valence-electron chi connectivity index (χ3n) is 3.08. The van der Waals surface area contributed by atoms with Gasteiger partial charge in [-0.25, -0.2) is 0 Å². The minimum Gasteiger partial charge on any atom is -0.480 e. The number of carboxylic acid groups (broad SMARTS) is 1. The van der Waals surface area contributed by atoms with E-state index in [9.17, 15) is 4.79 Å². The van der Waals surface area contributed by atoms with E-state index in [1.54, 1.807) is 13.8 Å². The number of hydrogen-bond donors (Lipinski definition) is 1. The molecule has 0 radical (unpaired) electrons. The van der Waals surface area contributed by atoms with Crippen molar-refractivity contribution in [3.63, 3.8) is 0 Å². The van der Waals surface area contributed by atoms with E-state index in [0.29, 0.717) is 11.8 Å². The van der Waals surface area contributed by atoms with Crippen LogP contribution in [0.5, 0.6) is 0 Å². The van der Waals surface area contributed by atoms with Crippen molar-refractivity contribution in [2.24, 2.45) is 0 Å². The molecule has 0 bridgehead atoms. The Kier molecular flexibility index (Phi) is 5.26. The highest BCUT2D eigenvalue weighted by Crippen LogP contribution is 2.28. The van der Waals surface area contributed by atoms with Crippen LogP contribution in [0.3, 0.4) is 0 Å². The predicted octanol–water partition coefficient (Wildman–Crippen LogP) is 3.34. The third kappa shape index (κ3) is 3.77. The first-order chi connectivity index (χ1) is 8.40. The third-order valence-corrected chi connectivity index (χ3v) is 4.41. The van der Waals surface area contributed by atoms with Gasteiger partial charge in [0.1, 0.15) is 4.75 Å². The number of thioether (sulfide) groups is 1. The molecule has 0 saturated carbocycles. The molecule has 0 atom stereocenters. The molecule has 1 aromatic rings. The largest absolute Gasteiger partial charge is 0.480 e. The second-order valence-electron chi connectivity index (χ2n) is 4.86. The number of aromatic nitrogens is 2. The van der Waals surface area contributed by atoms with Gasteiger partial charge in [-0.2, -0.15) is 5.10 Å². The van der Waals surface area contributed by atoms with Crippen LogP contribution in [-0.4, -0.2) is 25.6 Å². The highest BCUT2D eigenvalue weighted by atomic mass is 32.2. The Balaban J connectivity index is 2.62. The quantitative estimate of drug-likeness (QED) is 0.825. The molecule has 1 N–H and O–H groups in total. The van der Waals surface area contributed by atoms with Gasteiger partial charge in [0.2, 0.25) is 0 Å². The van der Waals surface area contributed by atoms with Crippen molar-refractivity contribution in [2.75, 3.05) is 0 Å². The normalized spacial score (nSPS) is 12.1. The summed E-state index contributed by atoms with van der Waals surface area (Å²) in [5.41, 5.74) is 0.946. The Hall–Kier alpha value is -0.970. The molecule has 5 heteroatoms. The number of rotatable bonds is 7. The van der Waals surface area contributed by atoms with Crippen LogP contribution in [0.4, 0.5) is 0 Å². The van der Waals surface area contributed by atoms with Crippen LogP contribution in [0.25, 0.3) is 0 Å². The van der Waals surface area contributed by atoms with E-state index in [1.807, 2.05) is 16.9 Å². The van der Waals surface area contributed by atoms with E-state index < -0.39 is 10.7 Å². The fourth-order valence-corrected chi connectivity index (χ4v) is 2.42. The number of aliphatic carboxylic acids is 1. The van der Waals surface area contributed by atoms with Crippen molar-refractivity contribution in [1.82, 2.24) is 9.78 Å². The van der Waals surface area contributed by atoms with Crippen LogP contribution in [-0.2, 0) is 10.5 Å². The molecule has 1 heterocycles. The molecule has 0 aromatic carbocycles. The van der Waals surface area contributed by atoms with Gasteiger partial charge in [0, 0.05) is 11.9 Å². The standard InChI is InChI=1S/C13H22N2O2S/c1-5-11(6-2)15-8-7-10(14-15)9-18-13(3,4)12(16)17/h7-8,11H,5-6,9H2,1-4H3,(H,16,17). The molecule has 0 amide bonds. The molecule has 0 aliphatic carbocycles. The Bertz CT molecular complexity index is 397. The molecule has 0 unspecified atom stereocenters. The lowest BCUT2D eigenvalue weighted by molar-refractivity contribution is -0.138. The first-order valence-electron chi connectivity index (χ1n) is 6.32. The molecular weight excluding hydrogens is 248 g/mol. The van der Waals surface area contributed by atoms with Crippen LogP contribution in [0.1, 0.15) is 52.3 Å². The summed E-state index contributed by atoms with van der Waals surface area (Å²) in [6, 6.07) is 2.42. The maximum Gasteiger partial charge on any atom is 0.319 e. The summed E-state index contributed by atoms with van der Waals surface area (Å²) >= 11 is 1.40. The van der Waals surface area contributed by atoms with Crippen molar-refractivity contribution in [3.8, 4) is 0 Å². The molecule has 0 saturated heterocycles.